The van der Waals surface area contributed by atoms with Gasteiger partial charge in [-0.1, -0.05) is 30.3 Å². The van der Waals surface area contributed by atoms with Gasteiger partial charge in [-0.3, -0.25) is 9.59 Å². The quantitative estimate of drug-likeness (QED) is 0.834. The largest absolute Gasteiger partial charge is 0.492 e. The van der Waals surface area contributed by atoms with E-state index in [1.807, 2.05) is 56.3 Å². The number of carbonyl (C=O) groups excluding carboxylic acids is 2. The maximum Gasteiger partial charge on any atom is 0.226 e. The van der Waals surface area contributed by atoms with Gasteiger partial charge in [0, 0.05) is 25.6 Å². The van der Waals surface area contributed by atoms with Crippen LogP contribution in [-0.4, -0.2) is 25.0 Å². The monoisotopic (exact) mass is 340 g/mol. The van der Waals surface area contributed by atoms with E-state index in [4.69, 9.17) is 4.74 Å². The van der Waals surface area contributed by atoms with Crippen LogP contribution >= 0.6 is 0 Å². The van der Waals surface area contributed by atoms with Crippen molar-refractivity contribution in [1.82, 2.24) is 0 Å². The second kappa shape index (κ2) is 8.87. The lowest BCUT2D eigenvalue weighted by Crippen LogP contribution is -2.32. The van der Waals surface area contributed by atoms with Crippen molar-refractivity contribution >= 4 is 23.2 Å². The van der Waals surface area contributed by atoms with E-state index in [1.54, 1.807) is 11.0 Å². The summed E-state index contributed by atoms with van der Waals surface area (Å²) in [6.45, 7) is 6.20. The minimum atomic E-state index is -0.160. The Bertz CT molecular complexity index is 743. The van der Waals surface area contributed by atoms with Crippen molar-refractivity contribution in [1.29, 1.82) is 0 Å². The zero-order chi connectivity index (χ0) is 18.2. The van der Waals surface area contributed by atoms with Crippen LogP contribution in [-0.2, 0) is 9.59 Å². The van der Waals surface area contributed by atoms with Crippen LogP contribution in [0, 0.1) is 6.92 Å². The van der Waals surface area contributed by atoms with Gasteiger partial charge in [-0.15, -0.1) is 0 Å². The second-order valence-electron chi connectivity index (χ2n) is 5.68. The third-order valence-corrected chi connectivity index (χ3v) is 3.81. The smallest absolute Gasteiger partial charge is 0.226 e. The molecule has 0 saturated carbocycles. The SMILES string of the molecule is CCOc1ccccc1NC(=O)CCN(C(C)=O)c1ccccc1C. The van der Waals surface area contributed by atoms with Crippen LogP contribution in [0.3, 0.4) is 0 Å². The van der Waals surface area contributed by atoms with Crippen LogP contribution in [0.4, 0.5) is 11.4 Å². The van der Waals surface area contributed by atoms with Gasteiger partial charge in [-0.05, 0) is 37.6 Å². The van der Waals surface area contributed by atoms with Crippen molar-refractivity contribution < 1.29 is 14.3 Å². The van der Waals surface area contributed by atoms with E-state index < -0.39 is 0 Å². The lowest BCUT2D eigenvalue weighted by molar-refractivity contribution is -0.117. The van der Waals surface area contributed by atoms with Gasteiger partial charge in [-0.2, -0.15) is 0 Å². The topological polar surface area (TPSA) is 58.6 Å². The molecule has 5 nitrogen and oxygen atoms in total. The molecule has 0 aromatic heterocycles. The number of carbonyl (C=O) groups is 2. The van der Waals surface area contributed by atoms with Crippen LogP contribution in [0.15, 0.2) is 48.5 Å². The van der Waals surface area contributed by atoms with E-state index >= 15 is 0 Å². The Balaban J connectivity index is 2.03. The fourth-order valence-corrected chi connectivity index (χ4v) is 2.59. The lowest BCUT2D eigenvalue weighted by Gasteiger charge is -2.23. The van der Waals surface area contributed by atoms with E-state index in [9.17, 15) is 9.59 Å². The summed E-state index contributed by atoms with van der Waals surface area (Å²) in [7, 11) is 0. The Morgan fingerprint density at radius 1 is 1.08 bits per heavy atom. The molecule has 2 amide bonds. The average Bonchev–Trinajstić information content (AvgIpc) is 2.58. The fraction of sp³-hybridized carbons (Fsp3) is 0.300. The van der Waals surface area contributed by atoms with Crippen LogP contribution in [0.25, 0.3) is 0 Å². The number of benzene rings is 2. The number of rotatable bonds is 7. The van der Waals surface area contributed by atoms with E-state index in [2.05, 4.69) is 5.32 Å². The van der Waals surface area contributed by atoms with Crippen molar-refractivity contribution in [3.8, 4) is 5.75 Å². The number of aryl methyl sites for hydroxylation is 1. The third-order valence-electron chi connectivity index (χ3n) is 3.81. The first-order chi connectivity index (χ1) is 12.0. The fourth-order valence-electron chi connectivity index (χ4n) is 2.59. The van der Waals surface area contributed by atoms with Gasteiger partial charge < -0.3 is 15.0 Å². The van der Waals surface area contributed by atoms with Gasteiger partial charge in [0.15, 0.2) is 0 Å². The Morgan fingerprint density at radius 3 is 2.44 bits per heavy atom. The molecule has 0 atom stereocenters. The first-order valence-corrected chi connectivity index (χ1v) is 8.38. The first-order valence-electron chi connectivity index (χ1n) is 8.38. The predicted octanol–water partition coefficient (Wildman–Crippen LogP) is 3.78. The Hall–Kier alpha value is -2.82. The summed E-state index contributed by atoms with van der Waals surface area (Å²) >= 11 is 0. The minimum Gasteiger partial charge on any atom is -0.492 e. The number of hydrogen-bond donors (Lipinski definition) is 1. The number of hydrogen-bond acceptors (Lipinski definition) is 3. The molecule has 0 fully saturated rings. The molecule has 0 saturated heterocycles. The molecule has 2 rings (SSSR count). The van der Waals surface area contributed by atoms with Crippen molar-refractivity contribution in [2.24, 2.45) is 0 Å². The highest BCUT2D eigenvalue weighted by molar-refractivity contribution is 5.95. The molecule has 0 bridgehead atoms. The van der Waals surface area contributed by atoms with E-state index in [1.165, 1.54) is 6.92 Å². The van der Waals surface area contributed by atoms with Crippen LogP contribution < -0.4 is 15.0 Å². The third kappa shape index (κ3) is 5.08. The summed E-state index contributed by atoms with van der Waals surface area (Å²) in [5, 5.41) is 2.85. The number of nitrogens with one attached hydrogen (secondary N) is 1. The molecule has 25 heavy (non-hydrogen) atoms. The van der Waals surface area contributed by atoms with Gasteiger partial charge in [0.1, 0.15) is 5.75 Å². The molecule has 5 heteroatoms. The molecule has 1 N–H and O–H groups in total. The maximum absolute atomic E-state index is 12.3. The summed E-state index contributed by atoms with van der Waals surface area (Å²) in [5.41, 5.74) is 2.47. The molecule has 2 aromatic carbocycles. The predicted molar refractivity (Wildman–Crippen MR) is 100 cm³/mol. The van der Waals surface area contributed by atoms with Gasteiger partial charge in [0.25, 0.3) is 0 Å². The number of ether oxygens (including phenoxy) is 1. The van der Waals surface area contributed by atoms with E-state index in [0.717, 1.165) is 11.3 Å². The molecular weight excluding hydrogens is 316 g/mol. The normalized spacial score (nSPS) is 10.2. The van der Waals surface area contributed by atoms with Gasteiger partial charge >= 0.3 is 0 Å². The van der Waals surface area contributed by atoms with E-state index in [0.29, 0.717) is 24.6 Å². The molecule has 0 aliphatic rings. The van der Waals surface area contributed by atoms with Gasteiger partial charge in [0.2, 0.25) is 11.8 Å². The van der Waals surface area contributed by atoms with Crippen LogP contribution in [0.1, 0.15) is 25.8 Å². The minimum absolute atomic E-state index is 0.0863. The molecule has 0 radical (unpaired) electrons. The number of anilines is 2. The zero-order valence-corrected chi connectivity index (χ0v) is 14.9. The highest BCUT2D eigenvalue weighted by Gasteiger charge is 2.15. The number of nitrogens with zero attached hydrogens (tertiary/aromatic N) is 1. The standard InChI is InChI=1S/C20H24N2O3/c1-4-25-19-12-8-6-10-17(19)21-20(24)13-14-22(16(3)23)18-11-7-5-9-15(18)2/h5-12H,4,13-14H2,1-3H3,(H,21,24). The summed E-state index contributed by atoms with van der Waals surface area (Å²) in [6, 6.07) is 15.0. The first kappa shape index (κ1) is 18.5. The lowest BCUT2D eigenvalue weighted by atomic mass is 10.1. The highest BCUT2D eigenvalue weighted by Crippen LogP contribution is 2.24. The van der Waals surface area contributed by atoms with Crippen molar-refractivity contribution in [2.75, 3.05) is 23.4 Å². The molecule has 0 spiro atoms. The Labute approximate surface area is 148 Å². The second-order valence-corrected chi connectivity index (χ2v) is 5.68. The van der Waals surface area contributed by atoms with Gasteiger partial charge in [-0.25, -0.2) is 0 Å². The Morgan fingerprint density at radius 2 is 1.76 bits per heavy atom. The summed E-state index contributed by atoms with van der Waals surface area (Å²) < 4.78 is 5.51. The molecule has 132 valence electrons. The zero-order valence-electron chi connectivity index (χ0n) is 14.9. The summed E-state index contributed by atoms with van der Waals surface area (Å²) in [5.74, 6) is 0.393. The molecule has 2 aromatic rings. The van der Waals surface area contributed by atoms with Crippen molar-refractivity contribution in [2.45, 2.75) is 27.2 Å². The molecule has 0 heterocycles. The summed E-state index contributed by atoms with van der Waals surface area (Å²) in [6.07, 6.45) is 0.203. The maximum atomic E-state index is 12.3. The molecular formula is C20H24N2O3. The molecule has 0 aliphatic heterocycles. The molecule has 0 aliphatic carbocycles. The Kier molecular flexibility index (Phi) is 6.57. The van der Waals surface area contributed by atoms with Crippen LogP contribution in [0.5, 0.6) is 5.75 Å². The van der Waals surface area contributed by atoms with Crippen molar-refractivity contribution in [3.63, 3.8) is 0 Å². The highest BCUT2D eigenvalue weighted by atomic mass is 16.5. The van der Waals surface area contributed by atoms with Crippen molar-refractivity contribution in [3.05, 3.63) is 54.1 Å². The molecule has 0 unspecified atom stereocenters. The van der Waals surface area contributed by atoms with Gasteiger partial charge in [0.05, 0.1) is 12.3 Å². The van der Waals surface area contributed by atoms with Crippen LogP contribution in [0.2, 0.25) is 0 Å². The van der Waals surface area contributed by atoms with E-state index in [-0.39, 0.29) is 18.2 Å². The summed E-state index contributed by atoms with van der Waals surface area (Å²) in [4.78, 5) is 25.9. The average molecular weight is 340 g/mol. The number of amides is 2. The number of para-hydroxylation sites is 3.